The molecule has 1 amide bonds. The summed E-state index contributed by atoms with van der Waals surface area (Å²) in [5, 5.41) is 0. The van der Waals surface area contributed by atoms with Crippen molar-refractivity contribution in [2.75, 3.05) is 52.7 Å². The average Bonchev–Trinajstić information content (AvgIpc) is 2.85. The van der Waals surface area contributed by atoms with Crippen LogP contribution >= 0.6 is 0 Å². The zero-order valence-corrected chi connectivity index (χ0v) is 12.0. The number of ether oxygens (including phenoxy) is 3. The molecule has 6 nitrogen and oxygen atoms in total. The van der Waals surface area contributed by atoms with Crippen molar-refractivity contribution < 1.29 is 19.0 Å². The summed E-state index contributed by atoms with van der Waals surface area (Å²) in [5.41, 5.74) is 5.24. The lowest BCUT2D eigenvalue weighted by Crippen LogP contribution is -2.57. The predicted molar refractivity (Wildman–Crippen MR) is 71.9 cm³/mol. The van der Waals surface area contributed by atoms with Crippen LogP contribution in [0.1, 0.15) is 20.3 Å². The maximum atomic E-state index is 12.5. The fraction of sp³-hybridized carbons (Fsp3) is 0.923. The third kappa shape index (κ3) is 5.06. The summed E-state index contributed by atoms with van der Waals surface area (Å²) in [6, 6.07) is 0. The topological polar surface area (TPSA) is 74.0 Å². The first-order valence-electron chi connectivity index (χ1n) is 6.95. The third-order valence-corrected chi connectivity index (χ3v) is 3.18. The molecule has 0 aromatic carbocycles. The Morgan fingerprint density at radius 3 is 2.26 bits per heavy atom. The summed E-state index contributed by atoms with van der Waals surface area (Å²) in [7, 11) is 0. The van der Waals surface area contributed by atoms with E-state index in [4.69, 9.17) is 19.9 Å². The number of nitrogens with two attached hydrogens (primary N) is 1. The van der Waals surface area contributed by atoms with E-state index >= 15 is 0 Å². The summed E-state index contributed by atoms with van der Waals surface area (Å²) in [4.78, 5) is 14.2. The summed E-state index contributed by atoms with van der Waals surface area (Å²) < 4.78 is 15.9. The number of carbonyl (C=O) groups excluding carboxylic acids is 1. The Morgan fingerprint density at radius 1 is 1.26 bits per heavy atom. The standard InChI is InChI=1S/C13H26N2O4/c1-3-17-9-6-15(7-10-18-4-2)12(16)13(14)5-8-19-11-13/h3-11,14H2,1-2H3. The molecular formula is C13H26N2O4. The molecule has 6 heteroatoms. The third-order valence-electron chi connectivity index (χ3n) is 3.18. The molecule has 1 unspecified atom stereocenters. The highest BCUT2D eigenvalue weighted by Gasteiger charge is 2.40. The van der Waals surface area contributed by atoms with Gasteiger partial charge in [-0.2, -0.15) is 0 Å². The zero-order valence-electron chi connectivity index (χ0n) is 12.0. The molecule has 0 bridgehead atoms. The van der Waals surface area contributed by atoms with E-state index in [1.54, 1.807) is 4.90 Å². The van der Waals surface area contributed by atoms with Gasteiger partial charge in [-0.25, -0.2) is 0 Å². The molecule has 0 saturated carbocycles. The van der Waals surface area contributed by atoms with Gasteiger partial charge in [0.25, 0.3) is 0 Å². The molecule has 19 heavy (non-hydrogen) atoms. The van der Waals surface area contributed by atoms with Crippen molar-refractivity contribution in [2.24, 2.45) is 5.73 Å². The van der Waals surface area contributed by atoms with Gasteiger partial charge in [-0.1, -0.05) is 0 Å². The first-order chi connectivity index (χ1) is 9.14. The maximum absolute atomic E-state index is 12.5. The first kappa shape index (κ1) is 16.4. The fourth-order valence-corrected chi connectivity index (χ4v) is 2.02. The average molecular weight is 274 g/mol. The van der Waals surface area contributed by atoms with Crippen LogP contribution in [0.3, 0.4) is 0 Å². The highest BCUT2D eigenvalue weighted by Crippen LogP contribution is 2.18. The van der Waals surface area contributed by atoms with E-state index in [-0.39, 0.29) is 5.91 Å². The van der Waals surface area contributed by atoms with Crippen LogP contribution in [0.5, 0.6) is 0 Å². The van der Waals surface area contributed by atoms with Crippen LogP contribution in [0.4, 0.5) is 0 Å². The summed E-state index contributed by atoms with van der Waals surface area (Å²) in [6.07, 6.45) is 0.575. The highest BCUT2D eigenvalue weighted by atomic mass is 16.5. The predicted octanol–water partition coefficient (Wildman–Crippen LogP) is 0.00580. The van der Waals surface area contributed by atoms with Crippen LogP contribution in [-0.2, 0) is 19.0 Å². The van der Waals surface area contributed by atoms with Crippen LogP contribution in [0.15, 0.2) is 0 Å². The molecule has 0 aliphatic carbocycles. The zero-order chi connectivity index (χ0) is 14.1. The second kappa shape index (κ2) is 8.47. The highest BCUT2D eigenvalue weighted by molar-refractivity contribution is 5.86. The van der Waals surface area contributed by atoms with E-state index in [0.717, 1.165) is 0 Å². The second-order valence-corrected chi connectivity index (χ2v) is 4.64. The summed E-state index contributed by atoms with van der Waals surface area (Å²) in [6.45, 7) is 8.12. The monoisotopic (exact) mass is 274 g/mol. The van der Waals surface area contributed by atoms with Crippen molar-refractivity contribution in [1.82, 2.24) is 4.90 Å². The van der Waals surface area contributed by atoms with E-state index in [1.165, 1.54) is 0 Å². The van der Waals surface area contributed by atoms with E-state index in [2.05, 4.69) is 0 Å². The van der Waals surface area contributed by atoms with Crippen molar-refractivity contribution in [2.45, 2.75) is 25.8 Å². The van der Waals surface area contributed by atoms with Gasteiger partial charge in [0.05, 0.1) is 19.8 Å². The molecule has 2 N–H and O–H groups in total. The van der Waals surface area contributed by atoms with Gasteiger partial charge in [-0.15, -0.1) is 0 Å². The Bertz CT molecular complexity index is 257. The number of amides is 1. The Hall–Kier alpha value is -0.690. The molecule has 1 atom stereocenters. The maximum Gasteiger partial charge on any atom is 0.245 e. The lowest BCUT2D eigenvalue weighted by molar-refractivity contribution is -0.138. The van der Waals surface area contributed by atoms with Crippen molar-refractivity contribution in [1.29, 1.82) is 0 Å². The molecule has 0 aromatic heterocycles. The van der Waals surface area contributed by atoms with Crippen molar-refractivity contribution in [3.05, 3.63) is 0 Å². The van der Waals surface area contributed by atoms with Crippen LogP contribution in [0.25, 0.3) is 0 Å². The van der Waals surface area contributed by atoms with E-state index in [1.807, 2.05) is 13.8 Å². The van der Waals surface area contributed by atoms with Gasteiger partial charge >= 0.3 is 0 Å². The van der Waals surface area contributed by atoms with Crippen molar-refractivity contribution >= 4 is 5.91 Å². The fourth-order valence-electron chi connectivity index (χ4n) is 2.02. The van der Waals surface area contributed by atoms with Crippen LogP contribution in [0.2, 0.25) is 0 Å². The van der Waals surface area contributed by atoms with E-state index in [9.17, 15) is 4.79 Å². The summed E-state index contributed by atoms with van der Waals surface area (Å²) in [5.74, 6) is -0.0654. The molecule has 1 heterocycles. The molecule has 1 rings (SSSR count). The van der Waals surface area contributed by atoms with Gasteiger partial charge in [-0.3, -0.25) is 4.79 Å². The van der Waals surface area contributed by atoms with Gasteiger partial charge < -0.3 is 24.8 Å². The normalized spacial score (nSPS) is 22.7. The molecule has 112 valence electrons. The van der Waals surface area contributed by atoms with Gasteiger partial charge in [0.15, 0.2) is 0 Å². The molecule has 1 saturated heterocycles. The number of hydrogen-bond acceptors (Lipinski definition) is 5. The molecular weight excluding hydrogens is 248 g/mol. The number of hydrogen-bond donors (Lipinski definition) is 1. The van der Waals surface area contributed by atoms with Crippen molar-refractivity contribution in [3.63, 3.8) is 0 Å². The van der Waals surface area contributed by atoms with E-state index < -0.39 is 5.54 Å². The second-order valence-electron chi connectivity index (χ2n) is 4.64. The van der Waals surface area contributed by atoms with Gasteiger partial charge in [-0.05, 0) is 20.3 Å². The minimum Gasteiger partial charge on any atom is -0.380 e. The minimum atomic E-state index is -0.877. The smallest absolute Gasteiger partial charge is 0.245 e. The van der Waals surface area contributed by atoms with Crippen LogP contribution < -0.4 is 5.73 Å². The van der Waals surface area contributed by atoms with Crippen molar-refractivity contribution in [3.8, 4) is 0 Å². The largest absolute Gasteiger partial charge is 0.380 e. The lowest BCUT2D eigenvalue weighted by atomic mass is 9.98. The molecule has 1 aliphatic heterocycles. The minimum absolute atomic E-state index is 0.0654. The molecule has 0 spiro atoms. The Morgan fingerprint density at radius 2 is 1.84 bits per heavy atom. The molecule has 1 fully saturated rings. The molecule has 1 aliphatic rings. The van der Waals surface area contributed by atoms with Crippen LogP contribution in [0, 0.1) is 0 Å². The Kier molecular flexibility index (Phi) is 7.30. The molecule has 0 radical (unpaired) electrons. The Labute approximate surface area is 115 Å². The molecule has 0 aromatic rings. The lowest BCUT2D eigenvalue weighted by Gasteiger charge is -2.30. The van der Waals surface area contributed by atoms with Gasteiger partial charge in [0.2, 0.25) is 5.91 Å². The number of carbonyl (C=O) groups is 1. The van der Waals surface area contributed by atoms with Crippen LogP contribution in [-0.4, -0.2) is 69.1 Å². The number of nitrogens with zero attached hydrogens (tertiary/aromatic N) is 1. The quantitative estimate of drug-likeness (QED) is 0.599. The SMILES string of the molecule is CCOCCN(CCOCC)C(=O)C1(N)CCOC1. The van der Waals surface area contributed by atoms with Gasteiger partial charge in [0.1, 0.15) is 5.54 Å². The van der Waals surface area contributed by atoms with E-state index in [0.29, 0.717) is 59.2 Å². The summed E-state index contributed by atoms with van der Waals surface area (Å²) >= 11 is 0. The Balaban J connectivity index is 2.52. The first-order valence-corrected chi connectivity index (χ1v) is 6.95. The number of rotatable bonds is 9. The van der Waals surface area contributed by atoms with Gasteiger partial charge in [0, 0.05) is 32.9 Å².